The highest BCUT2D eigenvalue weighted by Gasteiger charge is 2.54. The fourth-order valence-corrected chi connectivity index (χ4v) is 15.2. The van der Waals surface area contributed by atoms with Crippen LogP contribution in [0, 0.1) is 0 Å². The Hall–Kier alpha value is -2.51. The van der Waals surface area contributed by atoms with E-state index in [4.69, 9.17) is 28.4 Å². The molecule has 3 saturated heterocycles. The van der Waals surface area contributed by atoms with Crippen molar-refractivity contribution < 1.29 is 89.4 Å². The molecule has 17 unspecified atom stereocenters. The number of allylic oxidation sites excluding steroid dienone is 9. The molecule has 0 aliphatic carbocycles. The Kier molecular flexibility index (Phi) is 64.4. The second kappa shape index (κ2) is 69.8. The van der Waals surface area contributed by atoms with Gasteiger partial charge >= 0.3 is 0 Å². The highest BCUT2D eigenvalue weighted by molar-refractivity contribution is 5.76. The van der Waals surface area contributed by atoms with Crippen LogP contribution in [0.5, 0.6) is 0 Å². The average molecular weight is 1550 g/mol. The smallest absolute Gasteiger partial charge is 0.220 e. The van der Waals surface area contributed by atoms with E-state index in [1.807, 2.05) is 6.08 Å². The number of amides is 1. The number of carbonyl (C=O) groups is 1. The van der Waals surface area contributed by atoms with E-state index in [1.54, 1.807) is 6.08 Å². The summed E-state index contributed by atoms with van der Waals surface area (Å²) in [5, 5.41) is 121. The van der Waals surface area contributed by atoms with E-state index in [-0.39, 0.29) is 18.9 Å². The lowest BCUT2D eigenvalue weighted by Gasteiger charge is -2.48. The van der Waals surface area contributed by atoms with Crippen molar-refractivity contribution in [1.29, 1.82) is 0 Å². The molecule has 12 N–H and O–H groups in total. The summed E-state index contributed by atoms with van der Waals surface area (Å²) in [4.78, 5) is 13.5. The van der Waals surface area contributed by atoms with Crippen molar-refractivity contribution in [3.05, 3.63) is 60.8 Å². The van der Waals surface area contributed by atoms with Gasteiger partial charge in [0.2, 0.25) is 5.91 Å². The molecular weight excluding hydrogens is 1380 g/mol. The van der Waals surface area contributed by atoms with Gasteiger partial charge in [0.25, 0.3) is 0 Å². The van der Waals surface area contributed by atoms with Crippen LogP contribution >= 0.6 is 0 Å². The molecule has 1 amide bonds. The molecule has 17 atom stereocenters. The molecule has 638 valence electrons. The van der Waals surface area contributed by atoms with Crippen LogP contribution in [0.3, 0.4) is 0 Å². The van der Waals surface area contributed by atoms with Crippen molar-refractivity contribution in [1.82, 2.24) is 5.32 Å². The third-order valence-corrected chi connectivity index (χ3v) is 22.3. The summed E-state index contributed by atoms with van der Waals surface area (Å²) in [5.74, 6) is -0.268. The van der Waals surface area contributed by atoms with E-state index >= 15 is 0 Å². The maximum atomic E-state index is 13.5. The lowest BCUT2D eigenvalue weighted by molar-refractivity contribution is -0.379. The number of ether oxygens (including phenoxy) is 6. The van der Waals surface area contributed by atoms with Crippen LogP contribution in [-0.2, 0) is 33.2 Å². The van der Waals surface area contributed by atoms with Crippen LogP contribution in [0.1, 0.15) is 373 Å². The lowest BCUT2D eigenvalue weighted by atomic mass is 9.96. The van der Waals surface area contributed by atoms with Crippen molar-refractivity contribution >= 4 is 5.91 Å². The molecule has 0 radical (unpaired) electrons. The highest BCUT2D eigenvalue weighted by Crippen LogP contribution is 2.34. The molecule has 3 heterocycles. The molecule has 109 heavy (non-hydrogen) atoms. The molecule has 0 aromatic carbocycles. The minimum atomic E-state index is -1.98. The number of hydrogen-bond donors (Lipinski definition) is 12. The molecule has 0 aromatic heterocycles. The Morgan fingerprint density at radius 2 is 0.633 bits per heavy atom. The minimum Gasteiger partial charge on any atom is -0.394 e. The van der Waals surface area contributed by atoms with Gasteiger partial charge in [-0.2, -0.15) is 0 Å². The summed E-state index contributed by atoms with van der Waals surface area (Å²) in [7, 11) is 0. The summed E-state index contributed by atoms with van der Waals surface area (Å²) in [6.45, 7) is 1.68. The SMILES string of the molecule is CC/C=C\C/C=C\C/C=C\C/C=C\CCCCCCCCCCCCCCCCCCCCCCCCCCCCCCC(=O)NC(COC1OC(CO)C(OC2OC(CO)C(OC3OC(CO)C(O)C(O)C3O)C(O)C2O)C(O)C1O)C(O)/C=C/CCCCCCCCCCCCCCCCCCCCCCC. The van der Waals surface area contributed by atoms with Crippen LogP contribution in [-0.4, -0.2) is 193 Å². The van der Waals surface area contributed by atoms with Crippen LogP contribution in [0.15, 0.2) is 60.8 Å². The first-order valence-corrected chi connectivity index (χ1v) is 45.0. The fraction of sp³-hybridized carbons (Fsp3) is 0.878. The topological polar surface area (TPSA) is 307 Å². The Balaban J connectivity index is 1.29. The van der Waals surface area contributed by atoms with Gasteiger partial charge in [0.1, 0.15) is 73.2 Å². The normalized spacial score (nSPS) is 25.5. The molecule has 3 aliphatic heterocycles. The van der Waals surface area contributed by atoms with Gasteiger partial charge in [-0.3, -0.25) is 4.79 Å². The second-order valence-corrected chi connectivity index (χ2v) is 32.0. The molecule has 0 aromatic rings. The van der Waals surface area contributed by atoms with Gasteiger partial charge in [-0.25, -0.2) is 0 Å². The Morgan fingerprint density at radius 3 is 0.991 bits per heavy atom. The molecule has 0 saturated carbocycles. The van der Waals surface area contributed by atoms with Gasteiger partial charge in [0, 0.05) is 6.42 Å². The molecule has 19 heteroatoms. The molecule has 3 aliphatic rings. The molecular formula is C90H165NO18. The van der Waals surface area contributed by atoms with Gasteiger partial charge in [0.15, 0.2) is 18.9 Å². The number of aliphatic hydroxyl groups is 11. The molecule has 19 nitrogen and oxygen atoms in total. The molecule has 0 bridgehead atoms. The number of hydrogen-bond acceptors (Lipinski definition) is 18. The molecule has 3 rings (SSSR count). The third kappa shape index (κ3) is 48.6. The van der Waals surface area contributed by atoms with Crippen LogP contribution in [0.25, 0.3) is 0 Å². The summed E-state index contributed by atoms with van der Waals surface area (Å²) in [6.07, 6.45) is 65.2. The monoisotopic (exact) mass is 1550 g/mol. The summed E-state index contributed by atoms with van der Waals surface area (Å²) < 4.78 is 34.5. The number of nitrogens with one attached hydrogen (secondary N) is 1. The average Bonchev–Trinajstić information content (AvgIpc) is 0.760. The van der Waals surface area contributed by atoms with Gasteiger partial charge in [-0.05, 0) is 57.8 Å². The lowest BCUT2D eigenvalue weighted by Crippen LogP contribution is -2.66. The Morgan fingerprint density at radius 1 is 0.339 bits per heavy atom. The van der Waals surface area contributed by atoms with E-state index in [1.165, 1.54) is 276 Å². The molecule has 0 spiro atoms. The van der Waals surface area contributed by atoms with Crippen LogP contribution in [0.2, 0.25) is 0 Å². The predicted molar refractivity (Wildman–Crippen MR) is 439 cm³/mol. The van der Waals surface area contributed by atoms with Gasteiger partial charge < -0.3 is 89.9 Å². The summed E-state index contributed by atoms with van der Waals surface area (Å²) in [5.41, 5.74) is 0. The molecule has 3 fully saturated rings. The number of aliphatic hydroxyl groups excluding tert-OH is 11. The Labute approximate surface area is 662 Å². The van der Waals surface area contributed by atoms with E-state index in [0.717, 1.165) is 70.6 Å². The number of unbranched alkanes of at least 4 members (excludes halogenated alkanes) is 49. The van der Waals surface area contributed by atoms with Crippen molar-refractivity contribution in [2.45, 2.75) is 478 Å². The van der Waals surface area contributed by atoms with Gasteiger partial charge in [-0.1, -0.05) is 370 Å². The minimum absolute atomic E-state index is 0.247. The maximum Gasteiger partial charge on any atom is 0.220 e. The second-order valence-electron chi connectivity index (χ2n) is 32.0. The Bertz CT molecular complexity index is 2200. The van der Waals surface area contributed by atoms with E-state index in [9.17, 15) is 61.0 Å². The van der Waals surface area contributed by atoms with E-state index in [0.29, 0.717) is 6.42 Å². The van der Waals surface area contributed by atoms with Crippen LogP contribution < -0.4 is 5.32 Å². The third-order valence-electron chi connectivity index (χ3n) is 22.3. The maximum absolute atomic E-state index is 13.5. The standard InChI is InChI=1S/C90H165NO18/c1-3-5-7-9-11-13-15-17-19-21-23-25-27-28-29-30-31-32-33-34-35-36-37-38-39-40-41-42-43-44-46-48-50-52-54-56-58-60-62-64-66-68-78(96)91-73(74(95)67-65-63-61-59-57-55-53-51-49-47-45-26-24-22-20-18-16-14-12-10-8-6-4-2)72-104-88-84(102)81(99)86(76(70-93)106-88)109-90-85(103)82(100)87(77(71-94)107-90)108-89-83(101)80(98)79(97)75(69-92)105-89/h5,7,11,13,17,19,23,25,65,67,73-77,79-90,92-95,97-103H,3-4,6,8-10,12,14-16,18,20-22,24,26-64,66,68-72H2,1-2H3,(H,91,96)/b7-5-,13-11-,19-17-,25-23-,67-65+. The highest BCUT2D eigenvalue weighted by atomic mass is 16.8. The first-order valence-electron chi connectivity index (χ1n) is 45.0. The number of rotatable bonds is 73. The predicted octanol–water partition coefficient (Wildman–Crippen LogP) is 17.0. The first-order chi connectivity index (χ1) is 53.3. The van der Waals surface area contributed by atoms with E-state index in [2.05, 4.69) is 67.8 Å². The largest absolute Gasteiger partial charge is 0.394 e. The van der Waals surface area contributed by atoms with Crippen molar-refractivity contribution in [3.63, 3.8) is 0 Å². The first kappa shape index (κ1) is 101. The van der Waals surface area contributed by atoms with E-state index < -0.39 is 124 Å². The van der Waals surface area contributed by atoms with Gasteiger partial charge in [0.05, 0.1) is 38.6 Å². The zero-order valence-corrected chi connectivity index (χ0v) is 68.8. The van der Waals surface area contributed by atoms with Crippen LogP contribution in [0.4, 0.5) is 0 Å². The zero-order chi connectivity index (χ0) is 78.8. The fourth-order valence-electron chi connectivity index (χ4n) is 15.2. The van der Waals surface area contributed by atoms with Crippen molar-refractivity contribution in [3.8, 4) is 0 Å². The van der Waals surface area contributed by atoms with Crippen molar-refractivity contribution in [2.75, 3.05) is 26.4 Å². The summed E-state index contributed by atoms with van der Waals surface area (Å²) in [6, 6.07) is -0.974. The summed E-state index contributed by atoms with van der Waals surface area (Å²) >= 11 is 0. The quantitative estimate of drug-likeness (QED) is 0.0199. The van der Waals surface area contributed by atoms with Gasteiger partial charge in [-0.15, -0.1) is 0 Å². The zero-order valence-electron chi connectivity index (χ0n) is 68.8. The number of carbonyl (C=O) groups excluding carboxylic acids is 1. The van der Waals surface area contributed by atoms with Crippen molar-refractivity contribution in [2.24, 2.45) is 0 Å².